The zero-order valence-electron chi connectivity index (χ0n) is 13.8. The second kappa shape index (κ2) is 8.59. The summed E-state index contributed by atoms with van der Waals surface area (Å²) in [6, 6.07) is 3.73. The van der Waals surface area contributed by atoms with Crippen molar-refractivity contribution < 1.29 is 23.7 Å². The molecule has 0 saturated carbocycles. The molecule has 0 aromatic heterocycles. The number of hydrogen-bond donors (Lipinski definition) is 2. The summed E-state index contributed by atoms with van der Waals surface area (Å²) in [7, 11) is 4.73. The molecular formula is C16H24N2O5. The van der Waals surface area contributed by atoms with Gasteiger partial charge in [0.25, 0.3) is 0 Å². The van der Waals surface area contributed by atoms with Crippen LogP contribution in [0.25, 0.3) is 0 Å². The Morgan fingerprint density at radius 2 is 2.04 bits per heavy atom. The van der Waals surface area contributed by atoms with Crippen molar-refractivity contribution in [1.82, 2.24) is 10.6 Å². The fourth-order valence-electron chi connectivity index (χ4n) is 2.53. The Bertz CT molecular complexity index is 529. The SMILES string of the molecule is COc1ccc(CCNC(=O)C2CNCCO2)c(OC)c1OC. The molecule has 128 valence electrons. The van der Waals surface area contributed by atoms with Gasteiger partial charge in [0.1, 0.15) is 6.10 Å². The normalized spacial score (nSPS) is 17.4. The van der Waals surface area contributed by atoms with Gasteiger partial charge in [-0.05, 0) is 12.5 Å². The molecule has 1 saturated heterocycles. The highest BCUT2D eigenvalue weighted by atomic mass is 16.5. The van der Waals surface area contributed by atoms with Crippen LogP contribution in [0.4, 0.5) is 0 Å². The van der Waals surface area contributed by atoms with Gasteiger partial charge in [-0.15, -0.1) is 0 Å². The van der Waals surface area contributed by atoms with Crippen LogP contribution in [0.3, 0.4) is 0 Å². The van der Waals surface area contributed by atoms with E-state index in [0.29, 0.717) is 43.4 Å². The highest BCUT2D eigenvalue weighted by Gasteiger charge is 2.21. The number of rotatable bonds is 7. The lowest BCUT2D eigenvalue weighted by Gasteiger charge is -2.22. The molecule has 1 unspecified atom stereocenters. The Balaban J connectivity index is 1.96. The quantitative estimate of drug-likeness (QED) is 0.754. The zero-order chi connectivity index (χ0) is 16.7. The molecule has 0 spiro atoms. The van der Waals surface area contributed by atoms with Crippen molar-refractivity contribution in [3.63, 3.8) is 0 Å². The molecule has 2 N–H and O–H groups in total. The predicted octanol–water partition coefficient (Wildman–Crippen LogP) is 0.360. The lowest BCUT2D eigenvalue weighted by Crippen LogP contribution is -2.48. The highest BCUT2D eigenvalue weighted by Crippen LogP contribution is 2.39. The number of methoxy groups -OCH3 is 3. The number of morpholine rings is 1. The van der Waals surface area contributed by atoms with Crippen molar-refractivity contribution in [1.29, 1.82) is 0 Å². The summed E-state index contributed by atoms with van der Waals surface area (Å²) >= 11 is 0. The predicted molar refractivity (Wildman–Crippen MR) is 85.4 cm³/mol. The van der Waals surface area contributed by atoms with E-state index >= 15 is 0 Å². The minimum Gasteiger partial charge on any atom is -0.493 e. The fourth-order valence-corrected chi connectivity index (χ4v) is 2.53. The summed E-state index contributed by atoms with van der Waals surface area (Å²) in [6.07, 6.45) is 0.200. The largest absolute Gasteiger partial charge is 0.493 e. The van der Waals surface area contributed by atoms with E-state index in [9.17, 15) is 4.79 Å². The number of carbonyl (C=O) groups is 1. The van der Waals surface area contributed by atoms with Gasteiger partial charge in [-0.25, -0.2) is 0 Å². The third kappa shape index (κ3) is 4.27. The van der Waals surface area contributed by atoms with Crippen molar-refractivity contribution in [2.75, 3.05) is 47.6 Å². The topological polar surface area (TPSA) is 78.1 Å². The first kappa shape index (κ1) is 17.4. The van der Waals surface area contributed by atoms with Gasteiger partial charge in [0, 0.05) is 25.2 Å². The molecule has 23 heavy (non-hydrogen) atoms. The molecule has 7 heteroatoms. The first-order chi connectivity index (χ1) is 11.2. The summed E-state index contributed by atoms with van der Waals surface area (Å²) in [5, 5.41) is 6.02. The third-order valence-corrected chi connectivity index (χ3v) is 3.70. The molecule has 1 heterocycles. The van der Waals surface area contributed by atoms with Crippen LogP contribution < -0.4 is 24.8 Å². The number of amides is 1. The Hall–Kier alpha value is -1.99. The minimum atomic E-state index is -0.420. The maximum absolute atomic E-state index is 12.0. The maximum Gasteiger partial charge on any atom is 0.250 e. The summed E-state index contributed by atoms with van der Waals surface area (Å²) in [5.74, 6) is 1.69. The standard InChI is InChI=1S/C16H24N2O5/c1-20-12-5-4-11(14(21-2)15(12)22-3)6-7-18-16(19)13-10-17-8-9-23-13/h4-5,13,17H,6-10H2,1-3H3,(H,18,19). The van der Waals surface area contributed by atoms with Gasteiger partial charge in [-0.1, -0.05) is 6.07 Å². The van der Waals surface area contributed by atoms with Crippen LogP contribution in [0.5, 0.6) is 17.2 Å². The van der Waals surface area contributed by atoms with Gasteiger partial charge >= 0.3 is 0 Å². The van der Waals surface area contributed by atoms with Gasteiger partial charge in [0.15, 0.2) is 11.5 Å². The first-order valence-electron chi connectivity index (χ1n) is 7.59. The van der Waals surface area contributed by atoms with Crippen molar-refractivity contribution >= 4 is 5.91 Å². The lowest BCUT2D eigenvalue weighted by atomic mass is 10.1. The van der Waals surface area contributed by atoms with E-state index in [4.69, 9.17) is 18.9 Å². The van der Waals surface area contributed by atoms with Crippen molar-refractivity contribution in [3.8, 4) is 17.2 Å². The highest BCUT2D eigenvalue weighted by molar-refractivity contribution is 5.81. The maximum atomic E-state index is 12.0. The molecule has 1 aliphatic heterocycles. The van der Waals surface area contributed by atoms with E-state index in [1.807, 2.05) is 12.1 Å². The number of ether oxygens (including phenoxy) is 4. The van der Waals surface area contributed by atoms with Gasteiger partial charge in [-0.2, -0.15) is 0 Å². The van der Waals surface area contributed by atoms with Crippen molar-refractivity contribution in [2.45, 2.75) is 12.5 Å². The van der Waals surface area contributed by atoms with Crippen LogP contribution in [0.2, 0.25) is 0 Å². The average molecular weight is 324 g/mol. The molecule has 1 amide bonds. The van der Waals surface area contributed by atoms with Gasteiger partial charge in [0.2, 0.25) is 11.7 Å². The van der Waals surface area contributed by atoms with Crippen molar-refractivity contribution in [2.24, 2.45) is 0 Å². The van der Waals surface area contributed by atoms with Crippen LogP contribution in [-0.4, -0.2) is 59.6 Å². The van der Waals surface area contributed by atoms with Crippen LogP contribution >= 0.6 is 0 Å². The van der Waals surface area contributed by atoms with Crippen LogP contribution in [-0.2, 0) is 16.0 Å². The average Bonchev–Trinajstić information content (AvgIpc) is 2.61. The summed E-state index contributed by atoms with van der Waals surface area (Å²) in [4.78, 5) is 12.0. The molecule has 1 atom stereocenters. The van der Waals surface area contributed by atoms with Gasteiger partial charge in [0.05, 0.1) is 27.9 Å². The van der Waals surface area contributed by atoms with Crippen LogP contribution in [0.15, 0.2) is 12.1 Å². The number of hydrogen-bond acceptors (Lipinski definition) is 6. The Labute approximate surface area is 136 Å². The second-order valence-electron chi connectivity index (χ2n) is 5.10. The molecule has 0 aliphatic carbocycles. The molecule has 7 nitrogen and oxygen atoms in total. The van der Waals surface area contributed by atoms with Crippen molar-refractivity contribution in [3.05, 3.63) is 17.7 Å². The fraction of sp³-hybridized carbons (Fsp3) is 0.562. The molecule has 1 fully saturated rings. The minimum absolute atomic E-state index is 0.100. The smallest absolute Gasteiger partial charge is 0.250 e. The van der Waals surface area contributed by atoms with E-state index in [-0.39, 0.29) is 5.91 Å². The summed E-state index contributed by atoms with van der Waals surface area (Å²) in [6.45, 7) is 2.38. The van der Waals surface area contributed by atoms with Gasteiger partial charge < -0.3 is 29.6 Å². The lowest BCUT2D eigenvalue weighted by molar-refractivity contribution is -0.134. The molecule has 1 aromatic carbocycles. The van der Waals surface area contributed by atoms with Crippen LogP contribution in [0, 0.1) is 0 Å². The molecule has 1 aliphatic rings. The molecule has 1 aromatic rings. The molecular weight excluding hydrogens is 300 g/mol. The number of carbonyl (C=O) groups excluding carboxylic acids is 1. The second-order valence-corrected chi connectivity index (χ2v) is 5.10. The van der Waals surface area contributed by atoms with E-state index < -0.39 is 6.10 Å². The number of nitrogens with one attached hydrogen (secondary N) is 2. The first-order valence-corrected chi connectivity index (χ1v) is 7.59. The third-order valence-electron chi connectivity index (χ3n) is 3.70. The van der Waals surface area contributed by atoms with Crippen LogP contribution in [0.1, 0.15) is 5.56 Å². The Kier molecular flexibility index (Phi) is 6.49. The van der Waals surface area contributed by atoms with E-state index in [1.54, 1.807) is 21.3 Å². The van der Waals surface area contributed by atoms with E-state index in [2.05, 4.69) is 10.6 Å². The molecule has 0 radical (unpaired) electrons. The Morgan fingerprint density at radius 1 is 1.26 bits per heavy atom. The molecule has 2 rings (SSSR count). The van der Waals surface area contributed by atoms with E-state index in [0.717, 1.165) is 12.1 Å². The number of benzene rings is 1. The van der Waals surface area contributed by atoms with Gasteiger partial charge in [-0.3, -0.25) is 4.79 Å². The summed E-state index contributed by atoms with van der Waals surface area (Å²) < 4.78 is 21.5. The monoisotopic (exact) mass is 324 g/mol. The Morgan fingerprint density at radius 3 is 2.65 bits per heavy atom. The summed E-state index contributed by atoms with van der Waals surface area (Å²) in [5.41, 5.74) is 0.938. The van der Waals surface area contributed by atoms with E-state index in [1.165, 1.54) is 0 Å². The molecule has 0 bridgehead atoms. The zero-order valence-corrected chi connectivity index (χ0v) is 13.8.